The summed E-state index contributed by atoms with van der Waals surface area (Å²) < 4.78 is 6.27. The van der Waals surface area contributed by atoms with Gasteiger partial charge in [0.2, 0.25) is 0 Å². The average molecular weight is 327 g/mol. The Bertz CT molecular complexity index is 439. The van der Waals surface area contributed by atoms with Crippen molar-refractivity contribution >= 4 is 27.5 Å². The first-order chi connectivity index (χ1) is 9.06. The standard InChI is InChI=1S/C14H19BrN2O2/c1-17(8-10-3-2-4-19-9-10)14(18)11-5-12(15)7-13(16)6-11/h5-7,10H,2-4,8-9,16H2,1H3. The van der Waals surface area contributed by atoms with E-state index in [1.54, 1.807) is 23.1 Å². The molecule has 2 rings (SSSR count). The van der Waals surface area contributed by atoms with Crippen LogP contribution < -0.4 is 5.73 Å². The summed E-state index contributed by atoms with van der Waals surface area (Å²) in [5, 5.41) is 0. The number of halogens is 1. The van der Waals surface area contributed by atoms with Crippen LogP contribution in [-0.2, 0) is 4.74 Å². The number of hydrogen-bond donors (Lipinski definition) is 1. The molecule has 4 nitrogen and oxygen atoms in total. The Hall–Kier alpha value is -1.07. The molecule has 1 amide bonds. The average Bonchev–Trinajstić information content (AvgIpc) is 2.37. The van der Waals surface area contributed by atoms with Crippen LogP contribution in [0, 0.1) is 5.92 Å². The predicted octanol–water partition coefficient (Wildman–Crippen LogP) is 2.53. The van der Waals surface area contributed by atoms with Crippen molar-refractivity contribution in [3.8, 4) is 0 Å². The number of rotatable bonds is 3. The van der Waals surface area contributed by atoms with Gasteiger partial charge in [-0.15, -0.1) is 0 Å². The Morgan fingerprint density at radius 2 is 2.32 bits per heavy atom. The number of nitrogens with two attached hydrogens (primary N) is 1. The van der Waals surface area contributed by atoms with E-state index in [1.807, 2.05) is 7.05 Å². The summed E-state index contributed by atoms with van der Waals surface area (Å²) in [6.45, 7) is 2.32. The normalized spacial score (nSPS) is 19.2. The van der Waals surface area contributed by atoms with Gasteiger partial charge >= 0.3 is 0 Å². The molecule has 104 valence electrons. The molecule has 0 aromatic heterocycles. The summed E-state index contributed by atoms with van der Waals surface area (Å²) in [5.74, 6) is 0.436. The van der Waals surface area contributed by atoms with Gasteiger partial charge in [0.15, 0.2) is 0 Å². The van der Waals surface area contributed by atoms with Crippen molar-refractivity contribution in [1.29, 1.82) is 0 Å². The topological polar surface area (TPSA) is 55.6 Å². The zero-order chi connectivity index (χ0) is 13.8. The third-order valence-corrected chi connectivity index (χ3v) is 3.76. The zero-order valence-corrected chi connectivity index (χ0v) is 12.6. The highest BCUT2D eigenvalue weighted by Crippen LogP contribution is 2.20. The molecule has 0 spiro atoms. The monoisotopic (exact) mass is 326 g/mol. The molecule has 1 fully saturated rings. The van der Waals surface area contributed by atoms with E-state index < -0.39 is 0 Å². The number of anilines is 1. The lowest BCUT2D eigenvalue weighted by Crippen LogP contribution is -2.35. The van der Waals surface area contributed by atoms with Gasteiger partial charge in [-0.25, -0.2) is 0 Å². The highest BCUT2D eigenvalue weighted by Gasteiger charge is 2.20. The lowest BCUT2D eigenvalue weighted by Gasteiger charge is -2.27. The summed E-state index contributed by atoms with van der Waals surface area (Å²) in [6.07, 6.45) is 2.20. The van der Waals surface area contributed by atoms with Gasteiger partial charge in [-0.1, -0.05) is 15.9 Å². The van der Waals surface area contributed by atoms with E-state index in [0.29, 0.717) is 17.2 Å². The molecule has 19 heavy (non-hydrogen) atoms. The number of nitrogen functional groups attached to an aromatic ring is 1. The summed E-state index contributed by atoms with van der Waals surface area (Å²) >= 11 is 3.36. The number of amides is 1. The highest BCUT2D eigenvalue weighted by atomic mass is 79.9. The first kappa shape index (κ1) is 14.3. The first-order valence-corrected chi connectivity index (χ1v) is 7.25. The van der Waals surface area contributed by atoms with Gasteiger partial charge in [0, 0.05) is 35.9 Å². The van der Waals surface area contributed by atoms with E-state index >= 15 is 0 Å². The summed E-state index contributed by atoms with van der Waals surface area (Å²) in [5.41, 5.74) is 6.97. The minimum Gasteiger partial charge on any atom is -0.399 e. The van der Waals surface area contributed by atoms with Gasteiger partial charge in [0.1, 0.15) is 0 Å². The van der Waals surface area contributed by atoms with Gasteiger partial charge < -0.3 is 15.4 Å². The Balaban J connectivity index is 2.01. The molecule has 1 aromatic rings. The number of carbonyl (C=O) groups is 1. The number of carbonyl (C=O) groups excluding carboxylic acids is 1. The summed E-state index contributed by atoms with van der Waals surface area (Å²) in [6, 6.07) is 5.29. The van der Waals surface area contributed by atoms with Gasteiger partial charge in [-0.3, -0.25) is 4.79 Å². The fourth-order valence-electron chi connectivity index (χ4n) is 2.38. The summed E-state index contributed by atoms with van der Waals surface area (Å²) in [4.78, 5) is 14.1. The van der Waals surface area contributed by atoms with Crippen LogP contribution in [0.25, 0.3) is 0 Å². The third-order valence-electron chi connectivity index (χ3n) is 3.30. The van der Waals surface area contributed by atoms with E-state index in [0.717, 1.165) is 37.1 Å². The Labute approximate surface area is 122 Å². The second-order valence-corrected chi connectivity index (χ2v) is 5.96. The molecule has 1 saturated heterocycles. The minimum atomic E-state index is -0.00132. The van der Waals surface area contributed by atoms with E-state index in [1.165, 1.54) is 0 Å². The maximum Gasteiger partial charge on any atom is 0.253 e. The second kappa shape index (κ2) is 6.39. The van der Waals surface area contributed by atoms with Crippen molar-refractivity contribution in [3.05, 3.63) is 28.2 Å². The molecule has 1 aromatic carbocycles. The van der Waals surface area contributed by atoms with E-state index in [2.05, 4.69) is 15.9 Å². The van der Waals surface area contributed by atoms with Crippen LogP contribution in [0.1, 0.15) is 23.2 Å². The Kier molecular flexibility index (Phi) is 4.82. The number of hydrogen-bond acceptors (Lipinski definition) is 3. The van der Waals surface area contributed by atoms with Crippen molar-refractivity contribution in [2.75, 3.05) is 32.5 Å². The number of nitrogens with zero attached hydrogens (tertiary/aromatic N) is 1. The van der Waals surface area contributed by atoms with E-state index in [4.69, 9.17) is 10.5 Å². The maximum atomic E-state index is 12.3. The van der Waals surface area contributed by atoms with Crippen LogP contribution in [0.2, 0.25) is 0 Å². The maximum absolute atomic E-state index is 12.3. The molecule has 1 aliphatic heterocycles. The van der Waals surface area contributed by atoms with Gasteiger partial charge in [-0.2, -0.15) is 0 Å². The summed E-state index contributed by atoms with van der Waals surface area (Å²) in [7, 11) is 1.83. The van der Waals surface area contributed by atoms with Crippen LogP contribution in [-0.4, -0.2) is 37.6 Å². The lowest BCUT2D eigenvalue weighted by atomic mass is 10.0. The first-order valence-electron chi connectivity index (χ1n) is 6.45. The molecular formula is C14H19BrN2O2. The minimum absolute atomic E-state index is 0.00132. The fourth-order valence-corrected chi connectivity index (χ4v) is 2.89. The van der Waals surface area contributed by atoms with Gasteiger partial charge in [-0.05, 0) is 37.0 Å². The molecule has 1 aliphatic rings. The van der Waals surface area contributed by atoms with Crippen molar-refractivity contribution < 1.29 is 9.53 Å². The molecule has 0 saturated carbocycles. The SMILES string of the molecule is CN(CC1CCCOC1)C(=O)c1cc(N)cc(Br)c1. The molecule has 2 N–H and O–H groups in total. The fraction of sp³-hybridized carbons (Fsp3) is 0.500. The van der Waals surface area contributed by atoms with Crippen LogP contribution in [0.3, 0.4) is 0 Å². The molecule has 1 atom stereocenters. The molecule has 0 radical (unpaired) electrons. The largest absolute Gasteiger partial charge is 0.399 e. The number of ether oxygens (including phenoxy) is 1. The molecule has 1 heterocycles. The quantitative estimate of drug-likeness (QED) is 0.868. The second-order valence-electron chi connectivity index (χ2n) is 5.04. The smallest absolute Gasteiger partial charge is 0.253 e. The lowest BCUT2D eigenvalue weighted by molar-refractivity contribution is 0.0388. The number of benzene rings is 1. The van der Waals surface area contributed by atoms with Crippen LogP contribution >= 0.6 is 15.9 Å². The highest BCUT2D eigenvalue weighted by molar-refractivity contribution is 9.10. The zero-order valence-electron chi connectivity index (χ0n) is 11.1. The predicted molar refractivity (Wildman–Crippen MR) is 79.1 cm³/mol. The Morgan fingerprint density at radius 3 is 2.95 bits per heavy atom. The Morgan fingerprint density at radius 1 is 1.53 bits per heavy atom. The van der Waals surface area contributed by atoms with Crippen molar-refractivity contribution in [2.24, 2.45) is 5.92 Å². The third kappa shape index (κ3) is 3.94. The van der Waals surface area contributed by atoms with E-state index in [9.17, 15) is 4.79 Å². The molecule has 0 bridgehead atoms. The van der Waals surface area contributed by atoms with Crippen LogP contribution in [0.15, 0.2) is 22.7 Å². The molecule has 0 aliphatic carbocycles. The van der Waals surface area contributed by atoms with E-state index in [-0.39, 0.29) is 5.91 Å². The van der Waals surface area contributed by atoms with Crippen LogP contribution in [0.4, 0.5) is 5.69 Å². The van der Waals surface area contributed by atoms with Crippen molar-refractivity contribution in [3.63, 3.8) is 0 Å². The van der Waals surface area contributed by atoms with Gasteiger partial charge in [0.25, 0.3) is 5.91 Å². The van der Waals surface area contributed by atoms with Gasteiger partial charge in [0.05, 0.1) is 6.61 Å². The van der Waals surface area contributed by atoms with Crippen molar-refractivity contribution in [2.45, 2.75) is 12.8 Å². The van der Waals surface area contributed by atoms with Crippen molar-refractivity contribution in [1.82, 2.24) is 4.90 Å². The molecule has 1 unspecified atom stereocenters. The molecular weight excluding hydrogens is 308 g/mol. The molecule has 5 heteroatoms. The van der Waals surface area contributed by atoms with Crippen LogP contribution in [0.5, 0.6) is 0 Å².